The molecule has 0 spiro atoms. The van der Waals surface area contributed by atoms with Crippen LogP contribution in [0.15, 0.2) is 59.1 Å². The van der Waals surface area contributed by atoms with Crippen molar-refractivity contribution in [1.29, 1.82) is 0 Å². The van der Waals surface area contributed by atoms with Crippen molar-refractivity contribution in [3.05, 3.63) is 64.6 Å². The molecule has 0 aliphatic carbocycles. The molecule has 120 valence electrons. The van der Waals surface area contributed by atoms with E-state index in [-0.39, 0.29) is 5.91 Å². The van der Waals surface area contributed by atoms with Crippen LogP contribution in [0.1, 0.15) is 11.7 Å². The summed E-state index contributed by atoms with van der Waals surface area (Å²) in [6, 6.07) is 17.3. The van der Waals surface area contributed by atoms with E-state index in [1.807, 2.05) is 59.5 Å². The lowest BCUT2D eigenvalue weighted by Crippen LogP contribution is -2.48. The first kappa shape index (κ1) is 16.0. The van der Waals surface area contributed by atoms with Gasteiger partial charge >= 0.3 is 0 Å². The molecule has 2 aromatic carbocycles. The predicted octanol–water partition coefficient (Wildman–Crippen LogP) is 3.00. The Morgan fingerprint density at radius 3 is 2.39 bits per heavy atom. The van der Waals surface area contributed by atoms with E-state index in [2.05, 4.69) is 21.2 Å². The van der Waals surface area contributed by atoms with Crippen LogP contribution < -0.4 is 10.1 Å². The number of hydrogen-bond donors (Lipinski definition) is 1. The molecule has 0 bridgehead atoms. The van der Waals surface area contributed by atoms with Gasteiger partial charge in [-0.2, -0.15) is 0 Å². The van der Waals surface area contributed by atoms with Crippen LogP contribution in [0.5, 0.6) is 5.75 Å². The molecule has 0 radical (unpaired) electrons. The third-order valence-corrected chi connectivity index (χ3v) is 4.49. The first-order valence-corrected chi connectivity index (χ1v) is 8.50. The molecule has 23 heavy (non-hydrogen) atoms. The van der Waals surface area contributed by atoms with E-state index in [9.17, 15) is 4.79 Å². The molecule has 1 heterocycles. The van der Waals surface area contributed by atoms with Crippen molar-refractivity contribution in [2.45, 2.75) is 6.10 Å². The van der Waals surface area contributed by atoms with Gasteiger partial charge in [0.05, 0.1) is 4.47 Å². The van der Waals surface area contributed by atoms with E-state index >= 15 is 0 Å². The molecular weight excluding hydrogens is 356 g/mol. The number of benzene rings is 2. The largest absolute Gasteiger partial charge is 0.475 e. The monoisotopic (exact) mass is 374 g/mol. The number of halogens is 1. The van der Waals surface area contributed by atoms with Crippen LogP contribution in [0.4, 0.5) is 0 Å². The Kier molecular flexibility index (Phi) is 5.31. The van der Waals surface area contributed by atoms with Gasteiger partial charge in [-0.1, -0.05) is 42.5 Å². The SMILES string of the molecule is O=C(C(Oc1ccccc1Br)c1ccccc1)N1CCNCC1. The molecule has 4 nitrogen and oxygen atoms in total. The summed E-state index contributed by atoms with van der Waals surface area (Å²) in [5.74, 6) is 0.679. The lowest BCUT2D eigenvalue weighted by atomic mass is 10.1. The number of rotatable bonds is 4. The van der Waals surface area contributed by atoms with E-state index in [4.69, 9.17) is 4.74 Å². The zero-order chi connectivity index (χ0) is 16.1. The van der Waals surface area contributed by atoms with Gasteiger partial charge < -0.3 is 15.0 Å². The summed E-state index contributed by atoms with van der Waals surface area (Å²) in [4.78, 5) is 14.8. The maximum atomic E-state index is 13.0. The average Bonchev–Trinajstić information content (AvgIpc) is 2.62. The molecular formula is C18H19BrN2O2. The van der Waals surface area contributed by atoms with E-state index in [1.165, 1.54) is 0 Å². The van der Waals surface area contributed by atoms with Crippen molar-refractivity contribution in [2.24, 2.45) is 0 Å². The Morgan fingerprint density at radius 1 is 1.04 bits per heavy atom. The number of nitrogens with zero attached hydrogens (tertiary/aromatic N) is 1. The van der Waals surface area contributed by atoms with Crippen molar-refractivity contribution >= 4 is 21.8 Å². The highest BCUT2D eigenvalue weighted by Gasteiger charge is 2.29. The highest BCUT2D eigenvalue weighted by Crippen LogP contribution is 2.30. The summed E-state index contributed by atoms with van der Waals surface area (Å²) < 4.78 is 6.93. The van der Waals surface area contributed by atoms with Gasteiger partial charge in [-0.3, -0.25) is 4.79 Å². The van der Waals surface area contributed by atoms with E-state index in [0.717, 1.165) is 23.1 Å². The molecule has 0 saturated carbocycles. The molecule has 2 aromatic rings. The molecule has 3 rings (SSSR count). The molecule has 1 saturated heterocycles. The van der Waals surface area contributed by atoms with Crippen molar-refractivity contribution < 1.29 is 9.53 Å². The summed E-state index contributed by atoms with van der Waals surface area (Å²) in [7, 11) is 0. The molecule has 1 N–H and O–H groups in total. The molecule has 1 aliphatic heterocycles. The summed E-state index contributed by atoms with van der Waals surface area (Å²) in [6.07, 6.45) is -0.631. The second kappa shape index (κ2) is 7.62. The zero-order valence-corrected chi connectivity index (χ0v) is 14.3. The van der Waals surface area contributed by atoms with Gasteiger partial charge in [0, 0.05) is 31.7 Å². The van der Waals surface area contributed by atoms with Crippen LogP contribution in [-0.2, 0) is 4.79 Å². The Bertz CT molecular complexity index is 657. The van der Waals surface area contributed by atoms with Gasteiger partial charge in [0.1, 0.15) is 5.75 Å². The number of amides is 1. The number of carbonyl (C=O) groups excluding carboxylic acids is 1. The zero-order valence-electron chi connectivity index (χ0n) is 12.7. The van der Waals surface area contributed by atoms with Crippen molar-refractivity contribution in [2.75, 3.05) is 26.2 Å². The van der Waals surface area contributed by atoms with E-state index < -0.39 is 6.10 Å². The first-order chi connectivity index (χ1) is 11.3. The second-order valence-electron chi connectivity index (χ2n) is 5.41. The van der Waals surface area contributed by atoms with Gasteiger partial charge in [0.25, 0.3) is 5.91 Å². The normalized spacial score (nSPS) is 16.0. The summed E-state index contributed by atoms with van der Waals surface area (Å²) in [5.41, 5.74) is 0.867. The minimum absolute atomic E-state index is 0.00783. The maximum Gasteiger partial charge on any atom is 0.268 e. The van der Waals surface area contributed by atoms with Crippen LogP contribution in [0.2, 0.25) is 0 Å². The molecule has 1 unspecified atom stereocenters. The fourth-order valence-corrected chi connectivity index (χ4v) is 2.99. The van der Waals surface area contributed by atoms with Crippen molar-refractivity contribution in [1.82, 2.24) is 10.2 Å². The smallest absolute Gasteiger partial charge is 0.268 e. The number of ether oxygens (including phenoxy) is 1. The standard InChI is InChI=1S/C18H19BrN2O2/c19-15-8-4-5-9-16(15)23-17(14-6-2-1-3-7-14)18(22)21-12-10-20-11-13-21/h1-9,17,20H,10-13H2. The summed E-state index contributed by atoms with van der Waals surface area (Å²) in [5, 5.41) is 3.26. The highest BCUT2D eigenvalue weighted by molar-refractivity contribution is 9.10. The quantitative estimate of drug-likeness (QED) is 0.894. The minimum Gasteiger partial charge on any atom is -0.475 e. The first-order valence-electron chi connectivity index (χ1n) is 7.71. The van der Waals surface area contributed by atoms with E-state index in [1.54, 1.807) is 0 Å². The lowest BCUT2D eigenvalue weighted by Gasteiger charge is -2.31. The Morgan fingerprint density at radius 2 is 1.70 bits per heavy atom. The number of hydrogen-bond acceptors (Lipinski definition) is 3. The van der Waals surface area contributed by atoms with Crippen molar-refractivity contribution in [3.63, 3.8) is 0 Å². The van der Waals surface area contributed by atoms with Crippen LogP contribution >= 0.6 is 15.9 Å². The summed E-state index contributed by atoms with van der Waals surface area (Å²) in [6.45, 7) is 3.06. The van der Waals surface area contributed by atoms with Crippen LogP contribution in [0.3, 0.4) is 0 Å². The topological polar surface area (TPSA) is 41.6 Å². The third-order valence-electron chi connectivity index (χ3n) is 3.84. The fraction of sp³-hybridized carbons (Fsp3) is 0.278. The van der Waals surface area contributed by atoms with Gasteiger partial charge in [-0.15, -0.1) is 0 Å². The number of nitrogens with one attached hydrogen (secondary N) is 1. The lowest BCUT2D eigenvalue weighted by molar-refractivity contribution is -0.139. The van der Waals surface area contributed by atoms with Gasteiger partial charge in [-0.25, -0.2) is 0 Å². The molecule has 5 heteroatoms. The molecule has 1 aliphatic rings. The maximum absolute atomic E-state index is 13.0. The minimum atomic E-state index is -0.631. The average molecular weight is 375 g/mol. The summed E-state index contributed by atoms with van der Waals surface area (Å²) >= 11 is 3.48. The fourth-order valence-electron chi connectivity index (χ4n) is 2.61. The van der Waals surface area contributed by atoms with Gasteiger partial charge in [0.15, 0.2) is 0 Å². The number of piperazine rings is 1. The van der Waals surface area contributed by atoms with Crippen molar-refractivity contribution in [3.8, 4) is 5.75 Å². The molecule has 1 amide bonds. The third kappa shape index (κ3) is 3.92. The number of carbonyl (C=O) groups is 1. The van der Waals surface area contributed by atoms with Crippen LogP contribution in [0, 0.1) is 0 Å². The molecule has 1 fully saturated rings. The van der Waals surface area contributed by atoms with Crippen LogP contribution in [0.25, 0.3) is 0 Å². The Balaban J connectivity index is 1.87. The Hall–Kier alpha value is -1.85. The molecule has 1 atom stereocenters. The van der Waals surface area contributed by atoms with Gasteiger partial charge in [0.2, 0.25) is 6.10 Å². The van der Waals surface area contributed by atoms with Gasteiger partial charge in [-0.05, 0) is 28.1 Å². The number of para-hydroxylation sites is 1. The highest BCUT2D eigenvalue weighted by atomic mass is 79.9. The second-order valence-corrected chi connectivity index (χ2v) is 6.27. The van der Waals surface area contributed by atoms with Crippen LogP contribution in [-0.4, -0.2) is 37.0 Å². The molecule has 0 aromatic heterocycles. The Labute approximate surface area is 144 Å². The van der Waals surface area contributed by atoms with E-state index in [0.29, 0.717) is 18.8 Å². The predicted molar refractivity (Wildman–Crippen MR) is 93.4 cm³/mol.